The first-order valence-corrected chi connectivity index (χ1v) is 11.9. The molecule has 2 aromatic heterocycles. The number of esters is 2. The van der Waals surface area contributed by atoms with Crippen molar-refractivity contribution in [2.24, 2.45) is 11.7 Å². The van der Waals surface area contributed by atoms with Crippen molar-refractivity contribution in [1.29, 1.82) is 0 Å². The Bertz CT molecular complexity index is 1360. The Morgan fingerprint density at radius 2 is 2.08 bits per heavy atom. The molecule has 14 nitrogen and oxygen atoms in total. The fourth-order valence-corrected chi connectivity index (χ4v) is 3.95. The molecule has 0 spiro atoms. The number of aromatic nitrogens is 5. The Hall–Kier alpha value is -4.66. The lowest BCUT2D eigenvalue weighted by Gasteiger charge is -2.19. The maximum absolute atomic E-state index is 15.0. The van der Waals surface area contributed by atoms with E-state index in [1.54, 1.807) is 29.3 Å². The molecular weight excluding hydrogens is 517 g/mol. The number of halogens is 1. The van der Waals surface area contributed by atoms with Gasteiger partial charge in [-0.15, -0.1) is 5.10 Å². The second-order valence-electron chi connectivity index (χ2n) is 8.71. The van der Waals surface area contributed by atoms with E-state index in [0.717, 1.165) is 6.07 Å². The Labute approximate surface area is 221 Å². The first-order chi connectivity index (χ1) is 18.6. The number of hydrogen-bond acceptors (Lipinski definition) is 11. The lowest BCUT2D eigenvalue weighted by atomic mass is 9.97. The van der Waals surface area contributed by atoms with Crippen LogP contribution in [0.3, 0.4) is 0 Å². The minimum absolute atomic E-state index is 0.0380. The molecule has 3 aromatic rings. The fraction of sp³-hybridized carbons (Fsp3) is 0.375. The molecular formula is C24H26FN7O7. The Balaban J connectivity index is 1.40. The van der Waals surface area contributed by atoms with E-state index >= 15 is 4.39 Å². The van der Waals surface area contributed by atoms with Crippen molar-refractivity contribution in [2.75, 3.05) is 18.0 Å². The maximum atomic E-state index is 15.0. The smallest absolute Gasteiger partial charge is 0.414 e. The molecule has 1 aliphatic heterocycles. The maximum Gasteiger partial charge on any atom is 0.414 e. The molecule has 1 aliphatic rings. The molecule has 1 saturated heterocycles. The van der Waals surface area contributed by atoms with Crippen LogP contribution in [0.4, 0.5) is 14.9 Å². The number of benzene rings is 1. The van der Waals surface area contributed by atoms with Crippen LogP contribution in [0.15, 0.2) is 42.9 Å². The molecule has 2 N–H and O–H groups in total. The average molecular weight is 544 g/mol. The zero-order chi connectivity index (χ0) is 28.1. The van der Waals surface area contributed by atoms with Gasteiger partial charge >= 0.3 is 18.0 Å². The highest BCUT2D eigenvalue weighted by molar-refractivity contribution is 5.98. The summed E-state index contributed by atoms with van der Waals surface area (Å²) in [4.78, 5) is 49.6. The van der Waals surface area contributed by atoms with E-state index < -0.39 is 54.5 Å². The number of carbonyl (C=O) groups excluding carboxylic acids is 4. The van der Waals surface area contributed by atoms with Crippen LogP contribution in [0.1, 0.15) is 26.0 Å². The largest absolute Gasteiger partial charge is 0.444 e. The highest BCUT2D eigenvalue weighted by Gasteiger charge is 2.38. The van der Waals surface area contributed by atoms with E-state index in [9.17, 15) is 19.2 Å². The summed E-state index contributed by atoms with van der Waals surface area (Å²) in [6, 6.07) is 5.88. The van der Waals surface area contributed by atoms with Crippen LogP contribution in [-0.2, 0) is 35.1 Å². The lowest BCUT2D eigenvalue weighted by molar-refractivity contribution is -0.187. The van der Waals surface area contributed by atoms with Gasteiger partial charge < -0.3 is 19.9 Å². The first-order valence-electron chi connectivity index (χ1n) is 11.9. The Morgan fingerprint density at radius 3 is 2.74 bits per heavy atom. The third-order valence-corrected chi connectivity index (χ3v) is 5.81. The zero-order valence-electron chi connectivity index (χ0n) is 21.1. The fourth-order valence-electron chi connectivity index (χ4n) is 3.95. The number of rotatable bonds is 11. The minimum atomic E-state index is -1.27. The average Bonchev–Trinajstić information content (AvgIpc) is 3.64. The summed E-state index contributed by atoms with van der Waals surface area (Å²) in [6.07, 6.45) is 1.90. The molecule has 15 heteroatoms. The third-order valence-electron chi connectivity index (χ3n) is 5.81. The van der Waals surface area contributed by atoms with E-state index in [2.05, 4.69) is 15.4 Å². The summed E-state index contributed by atoms with van der Waals surface area (Å²) in [6.45, 7) is 2.41. The molecule has 39 heavy (non-hydrogen) atoms. The standard InChI is InChI=1S/C24H26FN7O7/c1-14(33)19(23(35)38-15(2)37-22(34)10-26)9-18-13-31(24(36)39-18)17-4-5-21(20(25)8-17)32-12-16(28-29-32)11-30-7-3-6-27-30/h3-8,12,15,18-19H,9-11,13,26H2,1-2H3. The number of hydrogen-bond donors (Lipinski definition) is 1. The quantitative estimate of drug-likeness (QED) is 0.207. The second kappa shape index (κ2) is 11.8. The summed E-state index contributed by atoms with van der Waals surface area (Å²) in [7, 11) is 0. The summed E-state index contributed by atoms with van der Waals surface area (Å²) in [5.74, 6) is -4.19. The molecule has 1 fully saturated rings. The predicted octanol–water partition coefficient (Wildman–Crippen LogP) is 0.963. The van der Waals surface area contributed by atoms with E-state index in [0.29, 0.717) is 12.2 Å². The number of Topliss-reactive ketones (excluding diaryl/α,β-unsaturated/α-hetero) is 1. The Morgan fingerprint density at radius 1 is 1.28 bits per heavy atom. The van der Waals surface area contributed by atoms with Gasteiger partial charge in [-0.25, -0.2) is 13.9 Å². The molecule has 0 radical (unpaired) electrons. The van der Waals surface area contributed by atoms with Gasteiger partial charge in [-0.1, -0.05) is 5.21 Å². The number of nitrogens with two attached hydrogens (primary N) is 1. The van der Waals surface area contributed by atoms with Crippen LogP contribution in [-0.4, -0.2) is 74.1 Å². The van der Waals surface area contributed by atoms with Crippen LogP contribution < -0.4 is 10.6 Å². The van der Waals surface area contributed by atoms with Crippen molar-refractivity contribution in [1.82, 2.24) is 24.8 Å². The predicted molar refractivity (Wildman–Crippen MR) is 130 cm³/mol. The van der Waals surface area contributed by atoms with Gasteiger partial charge in [0.1, 0.15) is 29.2 Å². The molecule has 0 aliphatic carbocycles. The van der Waals surface area contributed by atoms with Crippen molar-refractivity contribution >= 4 is 29.5 Å². The van der Waals surface area contributed by atoms with Gasteiger partial charge in [0.15, 0.2) is 5.82 Å². The van der Waals surface area contributed by atoms with Crippen molar-refractivity contribution in [3.05, 3.63) is 54.4 Å². The number of anilines is 1. The van der Waals surface area contributed by atoms with Crippen LogP contribution >= 0.6 is 0 Å². The number of cyclic esters (lactones) is 1. The van der Waals surface area contributed by atoms with Crippen LogP contribution in [0.25, 0.3) is 5.69 Å². The van der Waals surface area contributed by atoms with Gasteiger partial charge in [0.05, 0.1) is 31.5 Å². The van der Waals surface area contributed by atoms with Crippen LogP contribution in [0.5, 0.6) is 0 Å². The summed E-state index contributed by atoms with van der Waals surface area (Å²) < 4.78 is 33.1. The molecule has 0 saturated carbocycles. The van der Waals surface area contributed by atoms with Gasteiger partial charge in [0.25, 0.3) is 0 Å². The van der Waals surface area contributed by atoms with E-state index in [1.807, 2.05) is 0 Å². The van der Waals surface area contributed by atoms with E-state index in [1.165, 1.54) is 35.6 Å². The number of ketones is 1. The van der Waals surface area contributed by atoms with Crippen LogP contribution in [0.2, 0.25) is 0 Å². The summed E-state index contributed by atoms with van der Waals surface area (Å²) in [5, 5.41) is 12.1. The van der Waals surface area contributed by atoms with Crippen molar-refractivity contribution < 1.29 is 37.8 Å². The SMILES string of the molecule is CC(=O)C(CC1CN(c2ccc(-n3cc(Cn4cccn4)nn3)c(F)c2)C(=O)O1)C(=O)OC(C)OC(=O)CN. The molecule has 3 atom stereocenters. The number of carbonyl (C=O) groups is 4. The highest BCUT2D eigenvalue weighted by Crippen LogP contribution is 2.28. The molecule has 0 bridgehead atoms. The normalized spacial score (nSPS) is 16.5. The molecule has 4 rings (SSSR count). The van der Waals surface area contributed by atoms with Gasteiger partial charge in [-0.05, 0) is 31.2 Å². The van der Waals surface area contributed by atoms with Gasteiger partial charge in [-0.3, -0.25) is 24.0 Å². The Kier molecular flexibility index (Phi) is 8.29. The number of ether oxygens (including phenoxy) is 3. The summed E-state index contributed by atoms with van der Waals surface area (Å²) in [5.41, 5.74) is 6.05. The minimum Gasteiger partial charge on any atom is -0.444 e. The zero-order valence-corrected chi connectivity index (χ0v) is 21.1. The van der Waals surface area contributed by atoms with Crippen molar-refractivity contribution in [2.45, 2.75) is 39.2 Å². The third kappa shape index (κ3) is 6.62. The van der Waals surface area contributed by atoms with E-state index in [4.69, 9.17) is 19.9 Å². The number of nitrogens with zero attached hydrogens (tertiary/aromatic N) is 6. The van der Waals surface area contributed by atoms with Gasteiger partial charge in [0, 0.05) is 25.7 Å². The first kappa shape index (κ1) is 27.4. The molecule has 3 unspecified atom stereocenters. The molecule has 1 amide bonds. The monoisotopic (exact) mass is 543 g/mol. The topological polar surface area (TPSA) is 174 Å². The van der Waals surface area contributed by atoms with Crippen LogP contribution in [0, 0.1) is 11.7 Å². The summed E-state index contributed by atoms with van der Waals surface area (Å²) >= 11 is 0. The molecule has 1 aromatic carbocycles. The number of amides is 1. The molecule has 206 valence electrons. The highest BCUT2D eigenvalue weighted by atomic mass is 19.1. The second-order valence-corrected chi connectivity index (χ2v) is 8.71. The molecule has 3 heterocycles. The van der Waals surface area contributed by atoms with E-state index in [-0.39, 0.29) is 24.3 Å². The van der Waals surface area contributed by atoms with Gasteiger partial charge in [-0.2, -0.15) is 5.10 Å². The van der Waals surface area contributed by atoms with Gasteiger partial charge in [0.2, 0.25) is 6.29 Å². The lowest BCUT2D eigenvalue weighted by Crippen LogP contribution is -2.34. The van der Waals surface area contributed by atoms with Crippen molar-refractivity contribution in [3.8, 4) is 5.69 Å². The van der Waals surface area contributed by atoms with Crippen molar-refractivity contribution in [3.63, 3.8) is 0 Å².